The highest BCUT2D eigenvalue weighted by Gasteiger charge is 2.50. The van der Waals surface area contributed by atoms with E-state index >= 15 is 0 Å². The number of Topliss-reactive ketones (excluding diaryl/α,β-unsaturated/α-hetero) is 1. The van der Waals surface area contributed by atoms with Gasteiger partial charge in [0.1, 0.15) is 5.78 Å². The van der Waals surface area contributed by atoms with Crippen molar-refractivity contribution < 1.29 is 9.90 Å². The molecule has 2 aliphatic carbocycles. The summed E-state index contributed by atoms with van der Waals surface area (Å²) in [6.45, 7) is 6.16. The van der Waals surface area contributed by atoms with E-state index in [-0.39, 0.29) is 16.9 Å². The van der Waals surface area contributed by atoms with Crippen molar-refractivity contribution in [1.82, 2.24) is 0 Å². The molecule has 0 aromatic rings. The van der Waals surface area contributed by atoms with E-state index in [1.54, 1.807) is 0 Å². The van der Waals surface area contributed by atoms with Crippen LogP contribution in [-0.2, 0) is 4.79 Å². The minimum Gasteiger partial charge on any atom is -0.392 e. The van der Waals surface area contributed by atoms with Crippen LogP contribution in [0.15, 0.2) is 11.6 Å². The molecule has 2 atom stereocenters. The highest BCUT2D eigenvalue weighted by molar-refractivity contribution is 5.89. The second-order valence-electron chi connectivity index (χ2n) is 5.69. The number of allylic oxidation sites excluding steroid dienone is 1. The van der Waals surface area contributed by atoms with Gasteiger partial charge in [-0.15, -0.1) is 0 Å². The van der Waals surface area contributed by atoms with E-state index in [1.807, 2.05) is 6.92 Å². The maximum Gasteiger partial charge on any atom is 0.143 e. The van der Waals surface area contributed by atoms with Gasteiger partial charge in [0.2, 0.25) is 0 Å². The van der Waals surface area contributed by atoms with Gasteiger partial charge in [0.25, 0.3) is 0 Å². The predicted octanol–water partition coefficient (Wildman–Crippen LogP) is 2.46. The van der Waals surface area contributed by atoms with Crippen molar-refractivity contribution in [1.29, 1.82) is 0 Å². The molecule has 0 saturated heterocycles. The van der Waals surface area contributed by atoms with Crippen LogP contribution in [-0.4, -0.2) is 17.0 Å². The zero-order chi connectivity index (χ0) is 11.3. The number of rotatable bonds is 0. The van der Waals surface area contributed by atoms with Gasteiger partial charge in [-0.25, -0.2) is 0 Å². The Hall–Kier alpha value is -0.630. The molecule has 15 heavy (non-hydrogen) atoms. The Morgan fingerprint density at radius 1 is 1.40 bits per heavy atom. The van der Waals surface area contributed by atoms with E-state index in [0.717, 1.165) is 19.3 Å². The first-order valence-electron chi connectivity index (χ1n) is 5.81. The number of aliphatic hydroxyl groups is 1. The zero-order valence-corrected chi connectivity index (χ0v) is 9.84. The fraction of sp³-hybridized carbons (Fsp3) is 0.769. The molecule has 0 aromatic carbocycles. The standard InChI is InChI=1S/C13H20O2/c1-12(2)9-5-4-6-11(15)13(9,3)8-7-10(12)14/h5,10,14H,4,6-8H2,1-3H3/t10-,13+/m1/s1. The van der Waals surface area contributed by atoms with Gasteiger partial charge in [0, 0.05) is 17.3 Å². The Kier molecular flexibility index (Phi) is 2.30. The third-order valence-electron chi connectivity index (χ3n) is 4.37. The van der Waals surface area contributed by atoms with E-state index in [9.17, 15) is 9.90 Å². The van der Waals surface area contributed by atoms with Crippen LogP contribution in [0.3, 0.4) is 0 Å². The van der Waals surface area contributed by atoms with E-state index in [4.69, 9.17) is 0 Å². The van der Waals surface area contributed by atoms with Gasteiger partial charge in [0.15, 0.2) is 0 Å². The number of carbonyl (C=O) groups excluding carboxylic acids is 1. The van der Waals surface area contributed by atoms with Crippen molar-refractivity contribution in [2.45, 2.75) is 52.6 Å². The summed E-state index contributed by atoms with van der Waals surface area (Å²) >= 11 is 0. The van der Waals surface area contributed by atoms with Crippen LogP contribution in [0.25, 0.3) is 0 Å². The molecular formula is C13H20O2. The monoisotopic (exact) mass is 208 g/mol. The molecule has 1 saturated carbocycles. The van der Waals surface area contributed by atoms with Gasteiger partial charge in [0.05, 0.1) is 6.10 Å². The van der Waals surface area contributed by atoms with Gasteiger partial charge in [-0.05, 0) is 26.2 Å². The van der Waals surface area contributed by atoms with Gasteiger partial charge < -0.3 is 5.11 Å². The fourth-order valence-corrected chi connectivity index (χ4v) is 3.21. The van der Waals surface area contributed by atoms with Crippen molar-refractivity contribution in [3.8, 4) is 0 Å². The Bertz CT molecular complexity index is 327. The van der Waals surface area contributed by atoms with Crippen molar-refractivity contribution in [2.75, 3.05) is 0 Å². The van der Waals surface area contributed by atoms with E-state index < -0.39 is 0 Å². The summed E-state index contributed by atoms with van der Waals surface area (Å²) in [7, 11) is 0. The van der Waals surface area contributed by atoms with Crippen molar-refractivity contribution in [3.05, 3.63) is 11.6 Å². The number of aliphatic hydroxyl groups excluding tert-OH is 1. The molecule has 0 spiro atoms. The van der Waals surface area contributed by atoms with Crippen LogP contribution in [0, 0.1) is 10.8 Å². The van der Waals surface area contributed by atoms with Gasteiger partial charge >= 0.3 is 0 Å². The topological polar surface area (TPSA) is 37.3 Å². The third kappa shape index (κ3) is 1.38. The lowest BCUT2D eigenvalue weighted by Crippen LogP contribution is -2.48. The molecule has 0 bridgehead atoms. The molecule has 1 N–H and O–H groups in total. The van der Waals surface area contributed by atoms with E-state index in [1.165, 1.54) is 5.57 Å². The number of fused-ring (bicyclic) bond motifs is 1. The molecule has 0 heterocycles. The van der Waals surface area contributed by atoms with Crippen LogP contribution >= 0.6 is 0 Å². The first kappa shape index (κ1) is 10.9. The zero-order valence-electron chi connectivity index (χ0n) is 9.84. The lowest BCUT2D eigenvalue weighted by atomic mass is 9.55. The Labute approximate surface area is 91.4 Å². The first-order chi connectivity index (χ1) is 6.89. The number of carbonyl (C=O) groups is 1. The summed E-state index contributed by atoms with van der Waals surface area (Å²) in [5, 5.41) is 10.0. The molecule has 84 valence electrons. The molecule has 2 rings (SSSR count). The summed E-state index contributed by atoms with van der Waals surface area (Å²) in [5.74, 6) is 0.361. The molecule has 0 unspecified atom stereocenters. The average Bonchev–Trinajstić information content (AvgIpc) is 2.16. The lowest BCUT2D eigenvalue weighted by Gasteiger charge is -2.49. The van der Waals surface area contributed by atoms with Crippen LogP contribution < -0.4 is 0 Å². The largest absolute Gasteiger partial charge is 0.392 e. The number of ketones is 1. The number of hydrogen-bond acceptors (Lipinski definition) is 2. The lowest BCUT2D eigenvalue weighted by molar-refractivity contribution is -0.130. The van der Waals surface area contributed by atoms with Crippen LogP contribution in [0.1, 0.15) is 46.5 Å². The van der Waals surface area contributed by atoms with Crippen LogP contribution in [0.4, 0.5) is 0 Å². The predicted molar refractivity (Wildman–Crippen MR) is 59.5 cm³/mol. The Morgan fingerprint density at radius 2 is 2.07 bits per heavy atom. The van der Waals surface area contributed by atoms with Gasteiger partial charge in [-0.3, -0.25) is 4.79 Å². The molecular weight excluding hydrogens is 188 g/mol. The SMILES string of the molecule is CC1(C)C2=CCCC(=O)[C@@]2(C)CC[C@H]1O. The molecule has 0 aromatic heterocycles. The quantitative estimate of drug-likeness (QED) is 0.621. The summed E-state index contributed by atoms with van der Waals surface area (Å²) in [6, 6.07) is 0. The van der Waals surface area contributed by atoms with Crippen molar-refractivity contribution >= 4 is 5.78 Å². The highest BCUT2D eigenvalue weighted by Crippen LogP contribution is 2.53. The summed E-state index contributed by atoms with van der Waals surface area (Å²) in [4.78, 5) is 12.0. The Balaban J connectivity index is 2.47. The van der Waals surface area contributed by atoms with Crippen molar-refractivity contribution in [3.63, 3.8) is 0 Å². The maximum atomic E-state index is 12.0. The summed E-state index contributed by atoms with van der Waals surface area (Å²) < 4.78 is 0. The van der Waals surface area contributed by atoms with Crippen LogP contribution in [0.2, 0.25) is 0 Å². The van der Waals surface area contributed by atoms with E-state index in [2.05, 4.69) is 19.9 Å². The molecule has 2 nitrogen and oxygen atoms in total. The fourth-order valence-electron chi connectivity index (χ4n) is 3.21. The first-order valence-corrected chi connectivity index (χ1v) is 5.81. The third-order valence-corrected chi connectivity index (χ3v) is 4.37. The Morgan fingerprint density at radius 3 is 2.73 bits per heavy atom. The average molecular weight is 208 g/mol. The molecule has 0 radical (unpaired) electrons. The second kappa shape index (κ2) is 3.18. The maximum absolute atomic E-state index is 12.0. The minimum absolute atomic E-state index is 0.233. The molecule has 0 aliphatic heterocycles. The minimum atomic E-state index is -0.303. The van der Waals surface area contributed by atoms with Crippen molar-refractivity contribution in [2.24, 2.45) is 10.8 Å². The normalized spacial score (nSPS) is 39.6. The summed E-state index contributed by atoms with van der Waals surface area (Å²) in [5.41, 5.74) is 0.648. The van der Waals surface area contributed by atoms with Gasteiger partial charge in [-0.2, -0.15) is 0 Å². The number of hydrogen-bond donors (Lipinski definition) is 1. The summed E-state index contributed by atoms with van der Waals surface area (Å²) in [6.07, 6.45) is 4.95. The molecule has 2 heteroatoms. The van der Waals surface area contributed by atoms with Crippen LogP contribution in [0.5, 0.6) is 0 Å². The molecule has 2 aliphatic rings. The van der Waals surface area contributed by atoms with E-state index in [0.29, 0.717) is 12.2 Å². The highest BCUT2D eigenvalue weighted by atomic mass is 16.3. The second-order valence-corrected chi connectivity index (χ2v) is 5.69. The smallest absolute Gasteiger partial charge is 0.143 e. The molecule has 1 fully saturated rings. The molecule has 0 amide bonds. The van der Waals surface area contributed by atoms with Gasteiger partial charge in [-0.1, -0.05) is 25.5 Å².